The number of hydrogen-bond donors (Lipinski definition) is 1. The van der Waals surface area contributed by atoms with E-state index in [1.807, 2.05) is 0 Å². The van der Waals surface area contributed by atoms with E-state index in [2.05, 4.69) is 0 Å². The summed E-state index contributed by atoms with van der Waals surface area (Å²) in [6, 6.07) is 0. The summed E-state index contributed by atoms with van der Waals surface area (Å²) in [5, 5.41) is 0. The molecule has 0 radical (unpaired) electrons. The molecule has 1 rings (SSSR count). The van der Waals surface area contributed by atoms with Crippen LogP contribution in [0.2, 0.25) is 0 Å². The van der Waals surface area contributed by atoms with Crippen molar-refractivity contribution in [2.45, 2.75) is 38.0 Å². The van der Waals surface area contributed by atoms with E-state index in [1.165, 1.54) is 6.42 Å². The van der Waals surface area contributed by atoms with Gasteiger partial charge in [-0.05, 0) is 19.3 Å². The van der Waals surface area contributed by atoms with Crippen molar-refractivity contribution in [1.29, 1.82) is 0 Å². The number of ether oxygens (including phenoxy) is 1. The number of hydrogen-bond acceptors (Lipinski definition) is 2. The number of nitrogens with two attached hydrogens (primary N) is 1. The summed E-state index contributed by atoms with van der Waals surface area (Å²) in [5.41, 5.74) is 5.16. The third-order valence-electron chi connectivity index (χ3n) is 2.05. The van der Waals surface area contributed by atoms with Crippen LogP contribution in [0.4, 0.5) is 4.39 Å². The van der Waals surface area contributed by atoms with E-state index in [9.17, 15) is 4.39 Å². The fourth-order valence-electron chi connectivity index (χ4n) is 1.37. The molecule has 1 heterocycles. The maximum Gasteiger partial charge on any atom is 0.115 e. The van der Waals surface area contributed by atoms with E-state index in [4.69, 9.17) is 10.5 Å². The molecule has 1 saturated heterocycles. The van der Waals surface area contributed by atoms with E-state index >= 15 is 0 Å². The molecule has 0 spiro atoms. The van der Waals surface area contributed by atoms with Gasteiger partial charge in [0.05, 0.1) is 6.10 Å². The first kappa shape index (κ1) is 8.94. The number of alkyl halides is 1. The molecule has 0 aromatic heterocycles. The van der Waals surface area contributed by atoms with Crippen LogP contribution in [0.3, 0.4) is 0 Å². The molecule has 1 fully saturated rings. The SMILES string of the molecule is NC[C@@H](F)C[C@H]1CCCCO1. The van der Waals surface area contributed by atoms with Crippen LogP contribution in [-0.2, 0) is 4.74 Å². The summed E-state index contributed by atoms with van der Waals surface area (Å²) >= 11 is 0. The van der Waals surface area contributed by atoms with Crippen molar-refractivity contribution < 1.29 is 9.13 Å². The van der Waals surface area contributed by atoms with Crippen molar-refractivity contribution in [2.75, 3.05) is 13.2 Å². The minimum atomic E-state index is -0.877. The van der Waals surface area contributed by atoms with Crippen LogP contribution in [0.5, 0.6) is 0 Å². The lowest BCUT2D eigenvalue weighted by molar-refractivity contribution is -0.00144. The average molecular weight is 161 g/mol. The van der Waals surface area contributed by atoms with Gasteiger partial charge in [0.1, 0.15) is 6.17 Å². The fourth-order valence-corrected chi connectivity index (χ4v) is 1.37. The normalized spacial score (nSPS) is 28.4. The van der Waals surface area contributed by atoms with E-state index in [1.54, 1.807) is 0 Å². The minimum Gasteiger partial charge on any atom is -0.378 e. The predicted molar refractivity (Wildman–Crippen MR) is 42.2 cm³/mol. The van der Waals surface area contributed by atoms with E-state index in [-0.39, 0.29) is 12.6 Å². The molecule has 2 atom stereocenters. The molecule has 1 aliphatic rings. The van der Waals surface area contributed by atoms with Crippen molar-refractivity contribution >= 4 is 0 Å². The Bertz CT molecular complexity index is 104. The number of halogens is 1. The molecular weight excluding hydrogens is 145 g/mol. The molecule has 1 aliphatic heterocycles. The van der Waals surface area contributed by atoms with Crippen molar-refractivity contribution in [2.24, 2.45) is 5.73 Å². The van der Waals surface area contributed by atoms with Crippen LogP contribution in [0.25, 0.3) is 0 Å². The van der Waals surface area contributed by atoms with E-state index < -0.39 is 6.17 Å². The molecule has 2 nitrogen and oxygen atoms in total. The Kier molecular flexibility index (Phi) is 3.80. The second-order valence-corrected chi connectivity index (χ2v) is 3.06. The standard InChI is InChI=1S/C8H16FNO/c9-7(6-10)5-8-3-1-2-4-11-8/h7-8H,1-6,10H2/t7-,8+/m0/s1. The molecule has 0 amide bonds. The molecule has 0 bridgehead atoms. The maximum absolute atomic E-state index is 12.7. The van der Waals surface area contributed by atoms with Crippen LogP contribution < -0.4 is 5.73 Å². The Balaban J connectivity index is 2.13. The second-order valence-electron chi connectivity index (χ2n) is 3.06. The Labute approximate surface area is 66.9 Å². The van der Waals surface area contributed by atoms with Gasteiger partial charge in [0, 0.05) is 19.6 Å². The summed E-state index contributed by atoms with van der Waals surface area (Å²) in [5.74, 6) is 0. The van der Waals surface area contributed by atoms with Crippen LogP contribution in [0.1, 0.15) is 25.7 Å². The highest BCUT2D eigenvalue weighted by atomic mass is 19.1. The zero-order chi connectivity index (χ0) is 8.10. The van der Waals surface area contributed by atoms with Gasteiger partial charge in [0.15, 0.2) is 0 Å². The van der Waals surface area contributed by atoms with Gasteiger partial charge in [-0.3, -0.25) is 0 Å². The minimum absolute atomic E-state index is 0.125. The van der Waals surface area contributed by atoms with Crippen molar-refractivity contribution in [3.63, 3.8) is 0 Å². The lowest BCUT2D eigenvalue weighted by Gasteiger charge is -2.23. The van der Waals surface area contributed by atoms with Crippen LogP contribution in [-0.4, -0.2) is 25.4 Å². The average Bonchev–Trinajstić information content (AvgIpc) is 2.06. The van der Waals surface area contributed by atoms with Gasteiger partial charge < -0.3 is 10.5 Å². The molecule has 0 aliphatic carbocycles. The maximum atomic E-state index is 12.7. The Morgan fingerprint density at radius 2 is 2.36 bits per heavy atom. The Morgan fingerprint density at radius 3 is 2.91 bits per heavy atom. The predicted octanol–water partition coefficient (Wildman–Crippen LogP) is 1.24. The third-order valence-corrected chi connectivity index (χ3v) is 2.05. The van der Waals surface area contributed by atoms with Gasteiger partial charge in [0.2, 0.25) is 0 Å². The topological polar surface area (TPSA) is 35.2 Å². The van der Waals surface area contributed by atoms with Crippen molar-refractivity contribution in [1.82, 2.24) is 0 Å². The van der Waals surface area contributed by atoms with E-state index in [0.29, 0.717) is 6.42 Å². The lowest BCUT2D eigenvalue weighted by Crippen LogP contribution is -2.26. The molecule has 0 saturated carbocycles. The second kappa shape index (κ2) is 4.67. The van der Waals surface area contributed by atoms with Gasteiger partial charge in [-0.2, -0.15) is 0 Å². The monoisotopic (exact) mass is 161 g/mol. The van der Waals surface area contributed by atoms with Crippen LogP contribution in [0, 0.1) is 0 Å². The van der Waals surface area contributed by atoms with Crippen LogP contribution in [0.15, 0.2) is 0 Å². The zero-order valence-corrected chi connectivity index (χ0v) is 6.76. The van der Waals surface area contributed by atoms with Crippen LogP contribution >= 0.6 is 0 Å². The largest absolute Gasteiger partial charge is 0.378 e. The zero-order valence-electron chi connectivity index (χ0n) is 6.76. The highest BCUT2D eigenvalue weighted by molar-refractivity contribution is 4.68. The molecule has 0 aromatic rings. The van der Waals surface area contributed by atoms with Gasteiger partial charge >= 0.3 is 0 Å². The van der Waals surface area contributed by atoms with Crippen molar-refractivity contribution in [3.8, 4) is 0 Å². The number of rotatable bonds is 3. The van der Waals surface area contributed by atoms with E-state index in [0.717, 1.165) is 19.4 Å². The quantitative estimate of drug-likeness (QED) is 0.676. The lowest BCUT2D eigenvalue weighted by atomic mass is 10.0. The molecule has 0 unspecified atom stereocenters. The highest BCUT2D eigenvalue weighted by Gasteiger charge is 2.17. The van der Waals surface area contributed by atoms with Gasteiger partial charge in [0.25, 0.3) is 0 Å². The molecular formula is C8H16FNO. The molecule has 2 N–H and O–H groups in total. The third kappa shape index (κ3) is 3.16. The molecule has 11 heavy (non-hydrogen) atoms. The molecule has 3 heteroatoms. The first-order valence-corrected chi connectivity index (χ1v) is 4.28. The fraction of sp³-hybridized carbons (Fsp3) is 1.00. The first-order valence-electron chi connectivity index (χ1n) is 4.28. The van der Waals surface area contributed by atoms with Gasteiger partial charge in [-0.15, -0.1) is 0 Å². The molecule has 66 valence electrons. The summed E-state index contributed by atoms with van der Waals surface area (Å²) in [6.07, 6.45) is 3.02. The summed E-state index contributed by atoms with van der Waals surface area (Å²) in [7, 11) is 0. The summed E-state index contributed by atoms with van der Waals surface area (Å²) in [6.45, 7) is 0.918. The summed E-state index contributed by atoms with van der Waals surface area (Å²) in [4.78, 5) is 0. The first-order chi connectivity index (χ1) is 5.33. The van der Waals surface area contributed by atoms with Gasteiger partial charge in [-0.25, -0.2) is 4.39 Å². The Hall–Kier alpha value is -0.150. The van der Waals surface area contributed by atoms with Gasteiger partial charge in [-0.1, -0.05) is 0 Å². The van der Waals surface area contributed by atoms with Crippen molar-refractivity contribution in [3.05, 3.63) is 0 Å². The summed E-state index contributed by atoms with van der Waals surface area (Å²) < 4.78 is 18.1. The smallest absolute Gasteiger partial charge is 0.115 e. The molecule has 0 aromatic carbocycles. The Morgan fingerprint density at radius 1 is 1.55 bits per heavy atom. The highest BCUT2D eigenvalue weighted by Crippen LogP contribution is 2.17.